The summed E-state index contributed by atoms with van der Waals surface area (Å²) in [5.41, 5.74) is 2.58. The van der Waals surface area contributed by atoms with Crippen LogP contribution in [-0.2, 0) is 0 Å². The summed E-state index contributed by atoms with van der Waals surface area (Å²) in [5.74, 6) is -0.456. The number of benzene rings is 2. The number of nitrogens with zero attached hydrogens (tertiary/aromatic N) is 1. The lowest BCUT2D eigenvalue weighted by atomic mass is 10.1. The number of rotatable bonds is 5. The molecule has 0 aromatic heterocycles. The van der Waals surface area contributed by atoms with Crippen LogP contribution in [0.15, 0.2) is 48.5 Å². The van der Waals surface area contributed by atoms with Gasteiger partial charge in [-0.3, -0.25) is 4.79 Å². The van der Waals surface area contributed by atoms with Gasteiger partial charge in [-0.25, -0.2) is 4.39 Å². The molecule has 0 atom stereocenters. The molecular weight excluding hydrogens is 253 g/mol. The van der Waals surface area contributed by atoms with Crippen molar-refractivity contribution in [3.8, 4) is 0 Å². The number of aryl methyl sites for hydroxylation is 1. The molecule has 0 bridgehead atoms. The molecule has 0 unspecified atom stereocenters. The number of likely N-dealkylation sites (N-methyl/N-ethyl adjacent to an activating group) is 1. The topological polar surface area (TPSA) is 20.3 Å². The quantitative estimate of drug-likeness (QED) is 0.770. The first kappa shape index (κ1) is 14.3. The van der Waals surface area contributed by atoms with Crippen LogP contribution in [-0.4, -0.2) is 18.9 Å². The summed E-state index contributed by atoms with van der Waals surface area (Å²) in [6.07, 6.45) is 0. The fourth-order valence-corrected chi connectivity index (χ4v) is 2.14. The Morgan fingerprint density at radius 2 is 1.90 bits per heavy atom. The van der Waals surface area contributed by atoms with E-state index in [0.29, 0.717) is 5.56 Å². The van der Waals surface area contributed by atoms with Crippen molar-refractivity contribution in [1.29, 1.82) is 0 Å². The molecule has 0 fully saturated rings. The van der Waals surface area contributed by atoms with Crippen LogP contribution in [0.5, 0.6) is 0 Å². The van der Waals surface area contributed by atoms with Gasteiger partial charge in [-0.1, -0.05) is 24.3 Å². The predicted molar refractivity (Wildman–Crippen MR) is 79.8 cm³/mol. The minimum absolute atomic E-state index is 0.0761. The average Bonchev–Trinajstić information content (AvgIpc) is 2.44. The van der Waals surface area contributed by atoms with Crippen LogP contribution >= 0.6 is 0 Å². The van der Waals surface area contributed by atoms with E-state index in [4.69, 9.17) is 0 Å². The maximum absolute atomic E-state index is 13.2. The number of carbonyl (C=O) groups excluding carboxylic acids is 1. The van der Waals surface area contributed by atoms with Crippen LogP contribution in [0.4, 0.5) is 10.1 Å². The number of Topliss-reactive ketones (excluding diaryl/α,β-unsaturated/α-hetero) is 1. The van der Waals surface area contributed by atoms with Crippen LogP contribution in [0.25, 0.3) is 0 Å². The largest absolute Gasteiger partial charge is 0.364 e. The van der Waals surface area contributed by atoms with Gasteiger partial charge in [0, 0.05) is 17.8 Å². The molecule has 2 aromatic rings. The number of carbonyl (C=O) groups is 1. The van der Waals surface area contributed by atoms with E-state index in [2.05, 4.69) is 0 Å². The number of anilines is 1. The minimum Gasteiger partial charge on any atom is -0.364 e. The molecule has 3 heteroatoms. The Morgan fingerprint density at radius 3 is 2.55 bits per heavy atom. The summed E-state index contributed by atoms with van der Waals surface area (Å²) < 4.78 is 13.2. The lowest BCUT2D eigenvalue weighted by molar-refractivity contribution is 0.0999. The third-order valence-corrected chi connectivity index (χ3v) is 3.23. The van der Waals surface area contributed by atoms with Crippen molar-refractivity contribution >= 4 is 11.5 Å². The Kier molecular flexibility index (Phi) is 4.51. The van der Waals surface area contributed by atoms with Crippen molar-refractivity contribution in [2.45, 2.75) is 13.8 Å². The lowest BCUT2D eigenvalue weighted by Crippen LogP contribution is -2.29. The second kappa shape index (κ2) is 6.33. The van der Waals surface area contributed by atoms with Crippen LogP contribution in [0, 0.1) is 12.7 Å². The molecular formula is C17H18FNO. The molecule has 0 saturated heterocycles. The maximum atomic E-state index is 13.2. The maximum Gasteiger partial charge on any atom is 0.182 e. The van der Waals surface area contributed by atoms with E-state index in [-0.39, 0.29) is 18.1 Å². The van der Waals surface area contributed by atoms with Crippen LogP contribution in [0.3, 0.4) is 0 Å². The fourth-order valence-electron chi connectivity index (χ4n) is 2.14. The first-order valence-corrected chi connectivity index (χ1v) is 6.70. The zero-order chi connectivity index (χ0) is 14.5. The van der Waals surface area contributed by atoms with E-state index in [1.807, 2.05) is 43.0 Å². The van der Waals surface area contributed by atoms with Gasteiger partial charge in [0.1, 0.15) is 5.82 Å². The smallest absolute Gasteiger partial charge is 0.182 e. The second-order valence-corrected chi connectivity index (χ2v) is 4.79. The van der Waals surface area contributed by atoms with E-state index >= 15 is 0 Å². The van der Waals surface area contributed by atoms with Gasteiger partial charge in [-0.2, -0.15) is 0 Å². The van der Waals surface area contributed by atoms with Crippen LogP contribution in [0.1, 0.15) is 22.8 Å². The molecule has 2 aromatic carbocycles. The molecule has 104 valence electrons. The van der Waals surface area contributed by atoms with Gasteiger partial charge < -0.3 is 4.90 Å². The summed E-state index contributed by atoms with van der Waals surface area (Å²) in [6, 6.07) is 13.9. The van der Waals surface area contributed by atoms with Crippen LogP contribution < -0.4 is 4.90 Å². The van der Waals surface area contributed by atoms with Crippen molar-refractivity contribution in [2.24, 2.45) is 0 Å². The number of ketones is 1. The number of hydrogen-bond acceptors (Lipinski definition) is 2. The number of halogens is 1. The average molecular weight is 271 g/mol. The van der Waals surface area contributed by atoms with Crippen molar-refractivity contribution in [2.75, 3.05) is 18.0 Å². The third-order valence-electron chi connectivity index (χ3n) is 3.23. The van der Waals surface area contributed by atoms with Crippen molar-refractivity contribution in [3.63, 3.8) is 0 Å². The van der Waals surface area contributed by atoms with E-state index in [9.17, 15) is 9.18 Å². The highest BCUT2D eigenvalue weighted by Crippen LogP contribution is 2.16. The molecule has 0 N–H and O–H groups in total. The molecule has 0 amide bonds. The zero-order valence-corrected chi connectivity index (χ0v) is 11.8. The second-order valence-electron chi connectivity index (χ2n) is 4.79. The first-order valence-electron chi connectivity index (χ1n) is 6.70. The van der Waals surface area contributed by atoms with Gasteiger partial charge in [0.25, 0.3) is 0 Å². The van der Waals surface area contributed by atoms with Crippen molar-refractivity contribution < 1.29 is 9.18 Å². The molecule has 20 heavy (non-hydrogen) atoms. The summed E-state index contributed by atoms with van der Waals surface area (Å²) in [6.45, 7) is 5.00. The molecule has 0 aliphatic heterocycles. The van der Waals surface area contributed by atoms with Gasteiger partial charge >= 0.3 is 0 Å². The Hall–Kier alpha value is -2.16. The van der Waals surface area contributed by atoms with E-state index in [1.54, 1.807) is 12.1 Å². The van der Waals surface area contributed by atoms with Gasteiger partial charge in [0.15, 0.2) is 5.78 Å². The van der Waals surface area contributed by atoms with Crippen molar-refractivity contribution in [3.05, 3.63) is 65.5 Å². The predicted octanol–water partition coefficient (Wildman–Crippen LogP) is 3.84. The summed E-state index contributed by atoms with van der Waals surface area (Å²) in [7, 11) is 0. The fraction of sp³-hybridized carbons (Fsp3) is 0.235. The van der Waals surface area contributed by atoms with E-state index in [1.165, 1.54) is 12.1 Å². The minimum atomic E-state index is -0.380. The van der Waals surface area contributed by atoms with Gasteiger partial charge in [-0.05, 0) is 43.7 Å². The SMILES string of the molecule is CCN(CC(=O)c1cccc(F)c1)c1cccc(C)c1. The molecule has 0 heterocycles. The molecule has 0 saturated carbocycles. The Bertz CT molecular complexity index is 609. The van der Waals surface area contributed by atoms with Gasteiger partial charge in [0.05, 0.1) is 6.54 Å². The third kappa shape index (κ3) is 3.44. The molecule has 2 rings (SSSR count). The molecule has 0 spiro atoms. The monoisotopic (exact) mass is 271 g/mol. The summed E-state index contributed by atoms with van der Waals surface area (Å²) >= 11 is 0. The van der Waals surface area contributed by atoms with E-state index < -0.39 is 0 Å². The Balaban J connectivity index is 2.16. The highest BCUT2D eigenvalue weighted by molar-refractivity contribution is 5.99. The molecule has 0 radical (unpaired) electrons. The highest BCUT2D eigenvalue weighted by Gasteiger charge is 2.12. The number of hydrogen-bond donors (Lipinski definition) is 0. The molecule has 2 nitrogen and oxygen atoms in total. The normalized spacial score (nSPS) is 10.3. The first-order chi connectivity index (χ1) is 9.60. The summed E-state index contributed by atoms with van der Waals surface area (Å²) in [5, 5.41) is 0. The lowest BCUT2D eigenvalue weighted by Gasteiger charge is -2.22. The standard InChI is InChI=1S/C17H18FNO/c1-3-19(16-9-4-6-13(2)10-16)12-17(20)14-7-5-8-15(18)11-14/h4-11H,3,12H2,1-2H3. The zero-order valence-electron chi connectivity index (χ0n) is 11.8. The molecule has 0 aliphatic carbocycles. The Labute approximate surface area is 118 Å². The summed E-state index contributed by atoms with van der Waals surface area (Å²) in [4.78, 5) is 14.2. The van der Waals surface area contributed by atoms with Gasteiger partial charge in [-0.15, -0.1) is 0 Å². The van der Waals surface area contributed by atoms with E-state index in [0.717, 1.165) is 17.8 Å². The Morgan fingerprint density at radius 1 is 1.15 bits per heavy atom. The molecule has 0 aliphatic rings. The van der Waals surface area contributed by atoms with Crippen LogP contribution in [0.2, 0.25) is 0 Å². The highest BCUT2D eigenvalue weighted by atomic mass is 19.1. The van der Waals surface area contributed by atoms with Gasteiger partial charge in [0.2, 0.25) is 0 Å². The van der Waals surface area contributed by atoms with Crippen molar-refractivity contribution in [1.82, 2.24) is 0 Å².